The molecular formula is C44H65N5O14. The number of carbonyl (C=O) groups excluding carboxylic acids is 4. The molecule has 0 fully saturated rings. The number of nitrogens with one attached hydrogen (secondary N) is 2. The minimum atomic E-state index is -1.18. The molecular weight excluding hydrogens is 823 g/mol. The van der Waals surface area contributed by atoms with E-state index in [2.05, 4.69) is 10.6 Å². The molecule has 63 heavy (non-hydrogen) atoms. The number of carbonyl (C=O) groups is 7. The zero-order valence-corrected chi connectivity index (χ0v) is 36.9. The van der Waals surface area contributed by atoms with E-state index in [1.807, 2.05) is 27.7 Å². The molecule has 0 spiro atoms. The number of nitrogens with zero attached hydrogens (tertiary/aromatic N) is 3. The molecule has 5 N–H and O–H groups in total. The SMILES string of the molecule is CC(C)COc1ccc(OCCCNC(=O)CN(CC=O)CCN(CCN(CC(=O)O)CC(=O)NCCCOc2ccc(OCC(C)C)cc2CC(=O)O)CC(=O)O)c(CC=O)c1. The number of ether oxygens (including phenoxy) is 4. The highest BCUT2D eigenvalue weighted by Crippen LogP contribution is 2.26. The van der Waals surface area contributed by atoms with Gasteiger partial charge in [0.2, 0.25) is 11.8 Å². The molecule has 0 bridgehead atoms. The number of amides is 2. The zero-order chi connectivity index (χ0) is 46.6. The predicted octanol–water partition coefficient (Wildman–Crippen LogP) is 1.87. The van der Waals surface area contributed by atoms with Crippen molar-refractivity contribution in [3.05, 3.63) is 47.5 Å². The first-order chi connectivity index (χ1) is 30.1. The molecule has 2 aromatic carbocycles. The number of carboxylic acids is 3. The Bertz CT molecular complexity index is 1760. The van der Waals surface area contributed by atoms with Gasteiger partial charge in [-0.25, -0.2) is 0 Å². The van der Waals surface area contributed by atoms with Crippen molar-refractivity contribution in [2.24, 2.45) is 11.8 Å². The summed E-state index contributed by atoms with van der Waals surface area (Å²) in [5, 5.41) is 33.9. The molecule has 0 radical (unpaired) electrons. The van der Waals surface area contributed by atoms with Crippen molar-refractivity contribution in [3.63, 3.8) is 0 Å². The van der Waals surface area contributed by atoms with Crippen LogP contribution in [0.2, 0.25) is 0 Å². The molecule has 0 heterocycles. The predicted molar refractivity (Wildman–Crippen MR) is 232 cm³/mol. The molecule has 0 unspecified atom stereocenters. The van der Waals surface area contributed by atoms with Gasteiger partial charge >= 0.3 is 17.9 Å². The van der Waals surface area contributed by atoms with Crippen LogP contribution in [0.15, 0.2) is 36.4 Å². The first-order valence-electron chi connectivity index (χ1n) is 21.1. The van der Waals surface area contributed by atoms with Crippen molar-refractivity contribution in [2.45, 2.75) is 53.4 Å². The van der Waals surface area contributed by atoms with Crippen LogP contribution in [-0.2, 0) is 46.4 Å². The molecule has 19 nitrogen and oxygen atoms in total. The van der Waals surface area contributed by atoms with Crippen LogP contribution in [0.25, 0.3) is 0 Å². The summed E-state index contributed by atoms with van der Waals surface area (Å²) in [6, 6.07) is 10.3. The van der Waals surface area contributed by atoms with Crippen LogP contribution in [0.3, 0.4) is 0 Å². The minimum Gasteiger partial charge on any atom is -0.493 e. The lowest BCUT2D eigenvalue weighted by Gasteiger charge is -2.27. The van der Waals surface area contributed by atoms with Crippen molar-refractivity contribution in [1.82, 2.24) is 25.3 Å². The standard InChI is InChI=1S/C44H65N5O14/c1-32(2)30-62-36-7-9-38(34(23-36)11-19-50)60-21-5-12-45-40(52)26-48(18-20-51)15-14-47(28-43(56)57)16-17-49(29-44(58)59)27-41(53)46-13-6-22-61-39-10-8-37(63-31-33(3)4)24-35(39)25-42(54)55/h7-10,19-20,23-24,32-33H,5-6,11-18,21-22,25-31H2,1-4H3,(H,45,52)(H,46,53)(H,54,55)(H,56,57)(H,58,59). The number of benzene rings is 2. The summed E-state index contributed by atoms with van der Waals surface area (Å²) in [6.07, 6.45) is 2.14. The van der Waals surface area contributed by atoms with Gasteiger partial charge in [0.1, 0.15) is 35.6 Å². The maximum atomic E-state index is 12.8. The van der Waals surface area contributed by atoms with Gasteiger partial charge < -0.3 is 54.5 Å². The lowest BCUT2D eigenvalue weighted by Crippen LogP contribution is -2.47. The Hall–Kier alpha value is -5.79. The molecule has 2 amide bonds. The van der Waals surface area contributed by atoms with Crippen LogP contribution in [0.4, 0.5) is 0 Å². The van der Waals surface area contributed by atoms with Crippen LogP contribution in [0.1, 0.15) is 51.7 Å². The summed E-state index contributed by atoms with van der Waals surface area (Å²) >= 11 is 0. The maximum absolute atomic E-state index is 12.8. The van der Waals surface area contributed by atoms with Crippen molar-refractivity contribution >= 4 is 42.3 Å². The first kappa shape index (κ1) is 53.3. The summed E-state index contributed by atoms with van der Waals surface area (Å²) in [5.41, 5.74) is 1.14. The van der Waals surface area contributed by atoms with E-state index in [9.17, 15) is 48.9 Å². The number of rotatable bonds is 36. The summed E-state index contributed by atoms with van der Waals surface area (Å²) in [6.45, 7) is 8.95. The van der Waals surface area contributed by atoms with Crippen LogP contribution in [0, 0.1) is 11.8 Å². The second kappa shape index (κ2) is 30.3. The van der Waals surface area contributed by atoms with E-state index in [4.69, 9.17) is 18.9 Å². The summed E-state index contributed by atoms with van der Waals surface area (Å²) in [5.74, 6) is -1.44. The fraction of sp³-hybridized carbons (Fsp3) is 0.568. The second-order valence-corrected chi connectivity index (χ2v) is 15.7. The van der Waals surface area contributed by atoms with E-state index >= 15 is 0 Å². The average Bonchev–Trinajstić information content (AvgIpc) is 3.20. The van der Waals surface area contributed by atoms with Gasteiger partial charge in [0.05, 0.1) is 65.6 Å². The monoisotopic (exact) mass is 887 g/mol. The van der Waals surface area contributed by atoms with E-state index in [1.165, 1.54) is 9.80 Å². The summed E-state index contributed by atoms with van der Waals surface area (Å²) < 4.78 is 23.1. The number of aldehydes is 2. The van der Waals surface area contributed by atoms with Crippen LogP contribution < -0.4 is 29.6 Å². The third-order valence-electron chi connectivity index (χ3n) is 8.93. The molecule has 2 aromatic rings. The molecule has 2 rings (SSSR count). The number of hydrogen-bond acceptors (Lipinski definition) is 14. The Morgan fingerprint density at radius 3 is 1.52 bits per heavy atom. The third kappa shape index (κ3) is 24.4. The van der Waals surface area contributed by atoms with Gasteiger partial charge in [-0.3, -0.25) is 38.7 Å². The minimum absolute atomic E-state index is 0.0300. The Morgan fingerprint density at radius 2 is 1.05 bits per heavy atom. The summed E-state index contributed by atoms with van der Waals surface area (Å²) in [4.78, 5) is 87.4. The zero-order valence-electron chi connectivity index (χ0n) is 36.9. The normalized spacial score (nSPS) is 11.2. The van der Waals surface area contributed by atoms with Gasteiger partial charge in [0.15, 0.2) is 0 Å². The molecule has 0 aliphatic heterocycles. The smallest absolute Gasteiger partial charge is 0.317 e. The Labute approximate surface area is 369 Å². The van der Waals surface area contributed by atoms with E-state index in [-0.39, 0.29) is 96.8 Å². The second-order valence-electron chi connectivity index (χ2n) is 15.7. The quantitative estimate of drug-likeness (QED) is 0.0484. The molecule has 350 valence electrons. The van der Waals surface area contributed by atoms with Gasteiger partial charge in [-0.1, -0.05) is 27.7 Å². The largest absolute Gasteiger partial charge is 0.493 e. The molecule has 0 aromatic heterocycles. The van der Waals surface area contributed by atoms with Crippen LogP contribution in [0.5, 0.6) is 23.0 Å². The highest BCUT2D eigenvalue weighted by atomic mass is 16.5. The highest BCUT2D eigenvalue weighted by Gasteiger charge is 2.19. The van der Waals surface area contributed by atoms with E-state index in [0.717, 1.165) is 6.29 Å². The molecule has 0 saturated heterocycles. The van der Waals surface area contributed by atoms with E-state index in [0.29, 0.717) is 72.4 Å². The lowest BCUT2D eigenvalue weighted by atomic mass is 10.1. The lowest BCUT2D eigenvalue weighted by molar-refractivity contribution is -0.140. The van der Waals surface area contributed by atoms with Gasteiger partial charge in [-0.2, -0.15) is 0 Å². The fourth-order valence-corrected chi connectivity index (χ4v) is 5.90. The average molecular weight is 888 g/mol. The van der Waals surface area contributed by atoms with Crippen molar-refractivity contribution in [2.75, 3.05) is 98.4 Å². The van der Waals surface area contributed by atoms with Gasteiger partial charge in [0, 0.05) is 56.8 Å². The fourth-order valence-electron chi connectivity index (χ4n) is 5.90. The Kier molecular flexibility index (Phi) is 25.6. The van der Waals surface area contributed by atoms with E-state index < -0.39 is 36.9 Å². The maximum Gasteiger partial charge on any atom is 0.317 e. The molecule has 0 aliphatic rings. The van der Waals surface area contributed by atoms with Gasteiger partial charge in [0.25, 0.3) is 0 Å². The first-order valence-corrected chi connectivity index (χ1v) is 21.1. The highest BCUT2D eigenvalue weighted by molar-refractivity contribution is 5.79. The van der Waals surface area contributed by atoms with Crippen molar-refractivity contribution in [1.29, 1.82) is 0 Å². The number of carboxylic acid groups (broad SMARTS) is 3. The van der Waals surface area contributed by atoms with E-state index in [1.54, 1.807) is 41.3 Å². The van der Waals surface area contributed by atoms with Crippen molar-refractivity contribution < 1.29 is 67.8 Å². The van der Waals surface area contributed by atoms with Gasteiger partial charge in [-0.15, -0.1) is 0 Å². The molecule has 0 saturated carbocycles. The van der Waals surface area contributed by atoms with Crippen LogP contribution in [-0.4, -0.2) is 171 Å². The third-order valence-corrected chi connectivity index (χ3v) is 8.93. The molecule has 19 heteroatoms. The van der Waals surface area contributed by atoms with Crippen molar-refractivity contribution in [3.8, 4) is 23.0 Å². The number of hydrogen-bond donors (Lipinski definition) is 5. The Morgan fingerprint density at radius 1 is 0.587 bits per heavy atom. The summed E-state index contributed by atoms with van der Waals surface area (Å²) in [7, 11) is 0. The number of aliphatic carboxylic acids is 3. The topological polar surface area (TPSA) is 251 Å². The molecule has 0 atom stereocenters. The van der Waals surface area contributed by atoms with Gasteiger partial charge in [-0.05, 0) is 61.1 Å². The Balaban J connectivity index is 1.84. The molecule has 0 aliphatic carbocycles. The van der Waals surface area contributed by atoms with Crippen LogP contribution >= 0.6 is 0 Å².